The van der Waals surface area contributed by atoms with E-state index in [1.807, 2.05) is 71.0 Å². The maximum Gasteiger partial charge on any atom is 0.272 e. The number of carbonyl (C=O) groups excluding carboxylic acids is 1. The smallest absolute Gasteiger partial charge is 0.272 e. The van der Waals surface area contributed by atoms with Crippen LogP contribution in [0.15, 0.2) is 54.7 Å². The average molecular weight is 321 g/mol. The number of imidazole rings is 1. The Kier molecular flexibility index (Phi) is 3.78. The summed E-state index contributed by atoms with van der Waals surface area (Å²) in [6.07, 6.45) is 1.81. The van der Waals surface area contributed by atoms with Gasteiger partial charge in [-0.2, -0.15) is 0 Å². The number of morpholine rings is 1. The van der Waals surface area contributed by atoms with Gasteiger partial charge >= 0.3 is 0 Å². The molecule has 5 heteroatoms. The van der Waals surface area contributed by atoms with E-state index >= 15 is 0 Å². The molecule has 5 nitrogen and oxygen atoms in total. The number of ether oxygens (including phenoxy) is 1. The predicted molar refractivity (Wildman–Crippen MR) is 91.0 cm³/mol. The molecule has 4 rings (SSSR count). The zero-order valence-electron chi connectivity index (χ0n) is 13.6. The second-order valence-electron chi connectivity index (χ2n) is 6.00. The number of nitrogens with zero attached hydrogens (tertiary/aromatic N) is 3. The Hall–Kier alpha value is -2.66. The fraction of sp³-hybridized carbons (Fsp3) is 0.263. The van der Waals surface area contributed by atoms with Gasteiger partial charge in [-0.15, -0.1) is 0 Å². The fourth-order valence-electron chi connectivity index (χ4n) is 3.22. The molecule has 1 atom stereocenters. The minimum atomic E-state index is -0.0802. The van der Waals surface area contributed by atoms with Gasteiger partial charge < -0.3 is 9.64 Å². The molecule has 1 fully saturated rings. The third-order valence-electron chi connectivity index (χ3n) is 4.43. The summed E-state index contributed by atoms with van der Waals surface area (Å²) in [6.45, 7) is 3.58. The van der Waals surface area contributed by atoms with Gasteiger partial charge in [0.2, 0.25) is 0 Å². The van der Waals surface area contributed by atoms with E-state index in [1.54, 1.807) is 0 Å². The number of rotatable bonds is 2. The van der Waals surface area contributed by atoms with Crippen LogP contribution in [-0.4, -0.2) is 39.9 Å². The molecule has 0 radical (unpaired) electrons. The maximum atomic E-state index is 13.1. The highest BCUT2D eigenvalue weighted by Crippen LogP contribution is 2.24. The molecule has 1 amide bonds. The third kappa shape index (κ3) is 2.57. The summed E-state index contributed by atoms with van der Waals surface area (Å²) < 4.78 is 7.73. The van der Waals surface area contributed by atoms with E-state index < -0.39 is 0 Å². The van der Waals surface area contributed by atoms with Crippen molar-refractivity contribution in [2.75, 3.05) is 19.7 Å². The van der Waals surface area contributed by atoms with Crippen LogP contribution in [-0.2, 0) is 4.74 Å². The zero-order chi connectivity index (χ0) is 16.5. The summed E-state index contributed by atoms with van der Waals surface area (Å²) >= 11 is 0. The topological polar surface area (TPSA) is 46.8 Å². The third-order valence-corrected chi connectivity index (χ3v) is 4.43. The lowest BCUT2D eigenvalue weighted by Gasteiger charge is -2.33. The van der Waals surface area contributed by atoms with Crippen LogP contribution in [0, 0.1) is 6.92 Å². The highest BCUT2D eigenvalue weighted by Gasteiger charge is 2.28. The number of hydrogen-bond acceptors (Lipinski definition) is 3. The van der Waals surface area contributed by atoms with Crippen LogP contribution in [0.2, 0.25) is 0 Å². The molecular formula is C19H19N3O2. The Bertz CT molecular complexity index is 873. The van der Waals surface area contributed by atoms with Crippen molar-refractivity contribution in [3.8, 4) is 0 Å². The van der Waals surface area contributed by atoms with Gasteiger partial charge in [-0.3, -0.25) is 9.20 Å². The lowest BCUT2D eigenvalue weighted by Crippen LogP contribution is -2.42. The molecule has 1 aromatic carbocycles. The average Bonchev–Trinajstić information content (AvgIpc) is 2.97. The number of benzene rings is 1. The normalized spacial score (nSPS) is 18.0. The zero-order valence-corrected chi connectivity index (χ0v) is 13.6. The summed E-state index contributed by atoms with van der Waals surface area (Å²) in [4.78, 5) is 19.4. The Balaban J connectivity index is 1.63. The van der Waals surface area contributed by atoms with E-state index in [2.05, 4.69) is 4.98 Å². The second-order valence-corrected chi connectivity index (χ2v) is 6.00. The minimum absolute atomic E-state index is 0.00966. The van der Waals surface area contributed by atoms with Crippen LogP contribution in [0.25, 0.3) is 5.65 Å². The van der Waals surface area contributed by atoms with Crippen LogP contribution >= 0.6 is 0 Å². The van der Waals surface area contributed by atoms with Gasteiger partial charge in [-0.25, -0.2) is 4.98 Å². The largest absolute Gasteiger partial charge is 0.370 e. The molecule has 1 aliphatic rings. The molecule has 0 saturated carbocycles. The Labute approximate surface area is 140 Å². The Morgan fingerprint density at radius 3 is 2.79 bits per heavy atom. The molecular weight excluding hydrogens is 302 g/mol. The van der Waals surface area contributed by atoms with E-state index in [4.69, 9.17) is 4.74 Å². The molecule has 0 spiro atoms. The number of aromatic nitrogens is 2. The lowest BCUT2D eigenvalue weighted by molar-refractivity contribution is -0.0230. The molecule has 0 aliphatic carbocycles. The minimum Gasteiger partial charge on any atom is -0.370 e. The van der Waals surface area contributed by atoms with E-state index in [1.165, 1.54) is 0 Å². The van der Waals surface area contributed by atoms with Gasteiger partial charge in [-0.05, 0) is 24.6 Å². The molecule has 1 aliphatic heterocycles. The summed E-state index contributed by atoms with van der Waals surface area (Å²) in [5.41, 5.74) is 3.30. The van der Waals surface area contributed by atoms with Crippen molar-refractivity contribution in [1.29, 1.82) is 0 Å². The van der Waals surface area contributed by atoms with Crippen LogP contribution < -0.4 is 0 Å². The first-order valence-electron chi connectivity index (χ1n) is 8.13. The predicted octanol–water partition coefficient (Wildman–Crippen LogP) is 2.86. The van der Waals surface area contributed by atoms with Crippen molar-refractivity contribution >= 4 is 11.6 Å². The Morgan fingerprint density at radius 2 is 1.96 bits per heavy atom. The molecule has 0 bridgehead atoms. The molecule has 122 valence electrons. The van der Waals surface area contributed by atoms with Gasteiger partial charge in [0.1, 0.15) is 17.4 Å². The standard InChI is InChI=1S/C19H19N3O2/c1-14-18(22-10-6-5-9-17(22)20-14)19(23)21-11-12-24-16(13-21)15-7-3-2-4-8-15/h2-10,16H,11-13H2,1H3/t16-/m1/s1. The monoisotopic (exact) mass is 321 g/mol. The van der Waals surface area contributed by atoms with Gasteiger partial charge in [0.25, 0.3) is 5.91 Å². The lowest BCUT2D eigenvalue weighted by atomic mass is 10.1. The fourth-order valence-corrected chi connectivity index (χ4v) is 3.22. The first kappa shape index (κ1) is 14.9. The summed E-state index contributed by atoms with van der Waals surface area (Å²) in [5.74, 6) is 0.00966. The molecule has 24 heavy (non-hydrogen) atoms. The summed E-state index contributed by atoms with van der Waals surface area (Å²) in [6, 6.07) is 15.8. The van der Waals surface area contributed by atoms with Crippen molar-refractivity contribution in [2.24, 2.45) is 0 Å². The number of amides is 1. The number of carbonyl (C=O) groups is 1. The second kappa shape index (κ2) is 6.09. The molecule has 0 unspecified atom stereocenters. The number of hydrogen-bond donors (Lipinski definition) is 0. The number of pyridine rings is 1. The van der Waals surface area contributed by atoms with Crippen LogP contribution in [0.4, 0.5) is 0 Å². The van der Waals surface area contributed by atoms with Crippen LogP contribution in [0.1, 0.15) is 27.8 Å². The van der Waals surface area contributed by atoms with Crippen molar-refractivity contribution in [3.05, 3.63) is 71.7 Å². The quantitative estimate of drug-likeness (QED) is 0.729. The maximum absolute atomic E-state index is 13.1. The van der Waals surface area contributed by atoms with E-state index in [9.17, 15) is 4.79 Å². The number of aryl methyl sites for hydroxylation is 1. The summed E-state index contributed by atoms with van der Waals surface area (Å²) in [7, 11) is 0. The van der Waals surface area contributed by atoms with Gasteiger partial charge in [-0.1, -0.05) is 36.4 Å². The van der Waals surface area contributed by atoms with Crippen molar-refractivity contribution in [1.82, 2.24) is 14.3 Å². The van der Waals surface area contributed by atoms with E-state index in [0.29, 0.717) is 25.4 Å². The molecule has 3 aromatic rings. The molecule has 2 aromatic heterocycles. The summed E-state index contributed by atoms with van der Waals surface area (Å²) in [5, 5.41) is 0. The first-order valence-corrected chi connectivity index (χ1v) is 8.13. The first-order chi connectivity index (χ1) is 11.7. The van der Waals surface area contributed by atoms with Gasteiger partial charge in [0, 0.05) is 12.7 Å². The highest BCUT2D eigenvalue weighted by atomic mass is 16.5. The highest BCUT2D eigenvalue weighted by molar-refractivity contribution is 5.94. The van der Waals surface area contributed by atoms with Crippen molar-refractivity contribution < 1.29 is 9.53 Å². The van der Waals surface area contributed by atoms with Crippen LogP contribution in [0.3, 0.4) is 0 Å². The van der Waals surface area contributed by atoms with Crippen molar-refractivity contribution in [2.45, 2.75) is 13.0 Å². The molecule has 1 saturated heterocycles. The van der Waals surface area contributed by atoms with Gasteiger partial charge in [0.15, 0.2) is 0 Å². The number of fused-ring (bicyclic) bond motifs is 1. The van der Waals surface area contributed by atoms with Crippen molar-refractivity contribution in [3.63, 3.8) is 0 Å². The molecule has 0 N–H and O–H groups in total. The SMILES string of the molecule is Cc1nc2ccccn2c1C(=O)N1CCO[C@@H](c2ccccc2)C1. The van der Waals surface area contributed by atoms with Crippen LogP contribution in [0.5, 0.6) is 0 Å². The van der Waals surface area contributed by atoms with E-state index in [-0.39, 0.29) is 12.0 Å². The van der Waals surface area contributed by atoms with Gasteiger partial charge in [0.05, 0.1) is 18.8 Å². The molecule has 3 heterocycles. The van der Waals surface area contributed by atoms with E-state index in [0.717, 1.165) is 16.9 Å². The Morgan fingerprint density at radius 1 is 1.17 bits per heavy atom.